The zero-order valence-corrected chi connectivity index (χ0v) is 20.4. The summed E-state index contributed by atoms with van der Waals surface area (Å²) in [4.78, 5) is 0. The first-order chi connectivity index (χ1) is 14.7. The molecule has 0 aromatic carbocycles. The lowest BCUT2D eigenvalue weighted by atomic mass is 9.68. The number of unbranched alkanes of at least 4 members (excludes halogenated alkanes) is 11. The van der Waals surface area contributed by atoms with Gasteiger partial charge in [-0.1, -0.05) is 116 Å². The largest absolute Gasteiger partial charge is 0.633 e. The van der Waals surface area contributed by atoms with Gasteiger partial charge in [0.15, 0.2) is 0 Å². The van der Waals surface area contributed by atoms with Crippen LogP contribution in [-0.4, -0.2) is 24.3 Å². The van der Waals surface area contributed by atoms with Crippen molar-refractivity contribution >= 4 is 0 Å². The van der Waals surface area contributed by atoms with E-state index in [-0.39, 0.29) is 4.65 Å². The maximum atomic E-state index is 13.0. The smallest absolute Gasteiger partial charge is 0.0968 e. The number of nitrogens with zero attached hydrogens (tertiary/aromatic N) is 1. The molecule has 0 aromatic rings. The second kappa shape index (κ2) is 15.5. The number of piperidine rings is 1. The fraction of sp³-hybridized carbons (Fsp3) is 0.929. The number of hydrogen-bond donors (Lipinski definition) is 0. The van der Waals surface area contributed by atoms with E-state index in [1.807, 2.05) is 6.08 Å². The number of hydrogen-bond acceptors (Lipinski definition) is 1. The summed E-state index contributed by atoms with van der Waals surface area (Å²) >= 11 is 0. The topological polar surface area (TPSA) is 23.1 Å². The average molecular weight is 420 g/mol. The first kappa shape index (κ1) is 25.9. The van der Waals surface area contributed by atoms with Gasteiger partial charge in [-0.2, -0.15) is 0 Å². The van der Waals surface area contributed by atoms with Crippen LogP contribution in [0.3, 0.4) is 0 Å². The lowest BCUT2D eigenvalue weighted by Crippen LogP contribution is -2.51. The molecule has 4 atom stereocenters. The molecule has 1 heterocycles. The van der Waals surface area contributed by atoms with Gasteiger partial charge in [0.05, 0.1) is 19.6 Å². The maximum Gasteiger partial charge on any atom is 0.0968 e. The summed E-state index contributed by atoms with van der Waals surface area (Å²) in [6.07, 6.45) is 28.6. The molecule has 1 saturated heterocycles. The van der Waals surface area contributed by atoms with Crippen LogP contribution in [0.15, 0.2) is 12.7 Å². The van der Waals surface area contributed by atoms with E-state index in [1.54, 1.807) is 0 Å². The highest BCUT2D eigenvalue weighted by atomic mass is 16.5. The predicted molar refractivity (Wildman–Crippen MR) is 132 cm³/mol. The van der Waals surface area contributed by atoms with E-state index < -0.39 is 0 Å². The maximum absolute atomic E-state index is 13.0. The molecule has 2 nitrogen and oxygen atoms in total. The van der Waals surface area contributed by atoms with Gasteiger partial charge in [0.2, 0.25) is 0 Å². The van der Waals surface area contributed by atoms with Gasteiger partial charge in [-0.25, -0.2) is 0 Å². The van der Waals surface area contributed by atoms with E-state index in [1.165, 1.54) is 116 Å². The van der Waals surface area contributed by atoms with Crippen molar-refractivity contribution in [3.8, 4) is 0 Å². The Kier molecular flexibility index (Phi) is 13.4. The van der Waals surface area contributed by atoms with Crippen molar-refractivity contribution in [2.45, 2.75) is 129 Å². The molecular weight excluding hydrogens is 366 g/mol. The molecule has 1 aliphatic carbocycles. The van der Waals surface area contributed by atoms with Crippen molar-refractivity contribution in [1.29, 1.82) is 0 Å². The molecule has 0 spiro atoms. The van der Waals surface area contributed by atoms with Crippen molar-refractivity contribution in [3.05, 3.63) is 17.9 Å². The minimum Gasteiger partial charge on any atom is -0.633 e. The van der Waals surface area contributed by atoms with Gasteiger partial charge >= 0.3 is 0 Å². The van der Waals surface area contributed by atoms with Crippen molar-refractivity contribution in [1.82, 2.24) is 0 Å². The molecule has 2 aliphatic rings. The molecule has 30 heavy (non-hydrogen) atoms. The van der Waals surface area contributed by atoms with Crippen LogP contribution in [-0.2, 0) is 0 Å². The SMILES string of the molecule is C=CC[N+]1([O-])CCCC(C2CCCCC2CCCCCCCCCCCCCC)C1. The summed E-state index contributed by atoms with van der Waals surface area (Å²) in [5.74, 6) is 2.42. The van der Waals surface area contributed by atoms with Gasteiger partial charge in [0.1, 0.15) is 0 Å². The Balaban J connectivity index is 1.57. The fourth-order valence-corrected chi connectivity index (χ4v) is 6.47. The quantitative estimate of drug-likeness (QED) is 0.106. The van der Waals surface area contributed by atoms with E-state index in [9.17, 15) is 5.21 Å². The average Bonchev–Trinajstić information content (AvgIpc) is 2.75. The van der Waals surface area contributed by atoms with Gasteiger partial charge in [-0.3, -0.25) is 0 Å². The second-order valence-corrected chi connectivity index (χ2v) is 10.7. The Labute approximate surface area is 189 Å². The number of quaternary nitrogens is 1. The van der Waals surface area contributed by atoms with E-state index >= 15 is 0 Å². The number of hydroxylamine groups is 3. The monoisotopic (exact) mass is 419 g/mol. The first-order valence-corrected chi connectivity index (χ1v) is 13.9. The highest BCUT2D eigenvalue weighted by Gasteiger charge is 2.37. The van der Waals surface area contributed by atoms with Crippen LogP contribution in [0.5, 0.6) is 0 Å². The van der Waals surface area contributed by atoms with Crippen molar-refractivity contribution in [2.75, 3.05) is 19.6 Å². The molecule has 2 fully saturated rings. The molecule has 0 amide bonds. The molecule has 1 saturated carbocycles. The third-order valence-electron chi connectivity index (χ3n) is 8.17. The van der Waals surface area contributed by atoms with Gasteiger partial charge in [-0.05, 0) is 37.2 Å². The van der Waals surface area contributed by atoms with Gasteiger partial charge < -0.3 is 9.85 Å². The molecule has 0 N–H and O–H groups in total. The second-order valence-electron chi connectivity index (χ2n) is 10.7. The van der Waals surface area contributed by atoms with Gasteiger partial charge in [0.25, 0.3) is 0 Å². The summed E-state index contributed by atoms with van der Waals surface area (Å²) in [7, 11) is 0. The van der Waals surface area contributed by atoms with E-state index in [0.717, 1.165) is 31.3 Å². The minimum absolute atomic E-state index is 0.00991. The fourth-order valence-electron chi connectivity index (χ4n) is 6.47. The molecule has 2 heteroatoms. The van der Waals surface area contributed by atoms with E-state index in [0.29, 0.717) is 12.5 Å². The Morgan fingerprint density at radius 3 is 2.03 bits per heavy atom. The van der Waals surface area contributed by atoms with Crippen LogP contribution in [0.4, 0.5) is 0 Å². The van der Waals surface area contributed by atoms with Crippen LogP contribution in [0.2, 0.25) is 0 Å². The Hall–Kier alpha value is -0.340. The zero-order valence-electron chi connectivity index (χ0n) is 20.4. The molecule has 0 aromatic heterocycles. The standard InChI is InChI=1S/C28H53NO/c1-3-5-6-7-8-9-10-11-12-13-14-15-19-26-20-16-17-22-28(26)27-21-18-24-29(30,25-27)23-4-2/h4,26-28H,2-3,5-25H2,1H3. The van der Waals surface area contributed by atoms with E-state index in [2.05, 4.69) is 13.5 Å². The molecule has 4 unspecified atom stereocenters. The molecule has 0 bridgehead atoms. The van der Waals surface area contributed by atoms with Crippen LogP contribution < -0.4 is 0 Å². The van der Waals surface area contributed by atoms with Crippen LogP contribution >= 0.6 is 0 Å². The highest BCUT2D eigenvalue weighted by molar-refractivity contribution is 4.84. The van der Waals surface area contributed by atoms with Gasteiger partial charge in [0, 0.05) is 5.92 Å². The van der Waals surface area contributed by atoms with Crippen molar-refractivity contribution in [3.63, 3.8) is 0 Å². The minimum atomic E-state index is 0.00991. The Bertz CT molecular complexity index is 436. The summed E-state index contributed by atoms with van der Waals surface area (Å²) in [6.45, 7) is 8.43. The summed E-state index contributed by atoms with van der Waals surface area (Å²) in [5, 5.41) is 13.0. The third kappa shape index (κ3) is 9.86. The normalized spacial score (nSPS) is 29.7. The van der Waals surface area contributed by atoms with Crippen LogP contribution in [0, 0.1) is 23.0 Å². The molecule has 2 rings (SSSR count). The van der Waals surface area contributed by atoms with E-state index in [4.69, 9.17) is 0 Å². The zero-order chi connectivity index (χ0) is 21.5. The predicted octanol–water partition coefficient (Wildman–Crippen LogP) is 8.79. The van der Waals surface area contributed by atoms with Crippen LogP contribution in [0.25, 0.3) is 0 Å². The molecule has 1 aliphatic heterocycles. The summed E-state index contributed by atoms with van der Waals surface area (Å²) in [6, 6.07) is 0. The molecule has 176 valence electrons. The Morgan fingerprint density at radius 1 is 0.800 bits per heavy atom. The first-order valence-electron chi connectivity index (χ1n) is 13.9. The Morgan fingerprint density at radius 2 is 1.40 bits per heavy atom. The summed E-state index contributed by atoms with van der Waals surface area (Å²) in [5.41, 5.74) is 0. The third-order valence-corrected chi connectivity index (χ3v) is 8.17. The number of rotatable bonds is 16. The molecular formula is C28H53NO. The van der Waals surface area contributed by atoms with Crippen molar-refractivity contribution < 1.29 is 4.65 Å². The lowest BCUT2D eigenvalue weighted by Gasteiger charge is -2.50. The number of likely N-dealkylation sites (tertiary alicyclic amines) is 1. The van der Waals surface area contributed by atoms with Gasteiger partial charge in [-0.15, -0.1) is 0 Å². The highest BCUT2D eigenvalue weighted by Crippen LogP contribution is 2.42. The van der Waals surface area contributed by atoms with Crippen molar-refractivity contribution in [2.24, 2.45) is 17.8 Å². The molecule has 0 radical (unpaired) electrons. The summed E-state index contributed by atoms with van der Waals surface area (Å²) < 4.78 is 0.00991. The lowest BCUT2D eigenvalue weighted by molar-refractivity contribution is -0.884. The van der Waals surface area contributed by atoms with Crippen LogP contribution in [0.1, 0.15) is 129 Å².